The number of azide groups is 1. The van der Waals surface area contributed by atoms with E-state index in [1.165, 1.54) is 0 Å². The van der Waals surface area contributed by atoms with Crippen LogP contribution in [0.1, 0.15) is 37.7 Å². The average Bonchev–Trinajstić information content (AvgIpc) is 3.06. The van der Waals surface area contributed by atoms with Crippen molar-refractivity contribution >= 4 is 17.4 Å². The highest BCUT2D eigenvalue weighted by molar-refractivity contribution is 5.85. The zero-order valence-electron chi connectivity index (χ0n) is 13.7. The van der Waals surface area contributed by atoms with Gasteiger partial charge in [-0.2, -0.15) is 0 Å². The summed E-state index contributed by atoms with van der Waals surface area (Å²) in [5.74, 6) is 0.0671. The van der Waals surface area contributed by atoms with Gasteiger partial charge in [0, 0.05) is 49.0 Å². The summed E-state index contributed by atoms with van der Waals surface area (Å²) < 4.78 is 0. The number of aryl methyl sites for hydroxylation is 1. The lowest BCUT2D eigenvalue weighted by molar-refractivity contribution is -0.133. The molecular weight excluding hydrogens is 306 g/mol. The van der Waals surface area contributed by atoms with Crippen LogP contribution in [0.15, 0.2) is 29.4 Å². The largest absolute Gasteiger partial charge is 0.399 e. The van der Waals surface area contributed by atoms with E-state index in [1.807, 2.05) is 24.3 Å². The third-order valence-electron chi connectivity index (χ3n) is 4.34. The van der Waals surface area contributed by atoms with Gasteiger partial charge in [0.2, 0.25) is 5.91 Å². The van der Waals surface area contributed by atoms with Crippen molar-refractivity contribution in [1.82, 2.24) is 4.90 Å². The van der Waals surface area contributed by atoms with Crippen LogP contribution in [0.5, 0.6) is 0 Å². The number of nitrogen functional groups attached to an aromatic ring is 1. The first-order valence-electron chi connectivity index (χ1n) is 8.26. The summed E-state index contributed by atoms with van der Waals surface area (Å²) in [6, 6.07) is 7.45. The van der Waals surface area contributed by atoms with Crippen LogP contribution < -0.4 is 5.73 Å². The Morgan fingerprint density at radius 3 is 2.71 bits per heavy atom. The van der Waals surface area contributed by atoms with Gasteiger partial charge in [-0.15, -0.1) is 0 Å². The van der Waals surface area contributed by atoms with Crippen molar-refractivity contribution in [2.75, 3.05) is 18.8 Å². The lowest BCUT2D eigenvalue weighted by Crippen LogP contribution is -2.37. The van der Waals surface area contributed by atoms with E-state index in [1.54, 1.807) is 4.90 Å². The zero-order chi connectivity index (χ0) is 17.4. The molecule has 1 amide bonds. The molecule has 0 saturated carbocycles. The number of Topliss-reactive ketones (excluding diaryl/α,β-unsaturated/α-hetero) is 1. The van der Waals surface area contributed by atoms with Crippen molar-refractivity contribution in [2.24, 2.45) is 5.11 Å². The van der Waals surface area contributed by atoms with Crippen molar-refractivity contribution in [3.63, 3.8) is 0 Å². The molecule has 1 aliphatic rings. The molecule has 7 heteroatoms. The molecule has 128 valence electrons. The Labute approximate surface area is 141 Å². The monoisotopic (exact) mass is 329 g/mol. The number of nitrogens with zero attached hydrogens (tertiary/aromatic N) is 4. The Balaban J connectivity index is 1.73. The summed E-state index contributed by atoms with van der Waals surface area (Å²) in [4.78, 5) is 28.8. The van der Waals surface area contributed by atoms with Gasteiger partial charge in [0.1, 0.15) is 5.78 Å². The maximum atomic E-state index is 12.3. The van der Waals surface area contributed by atoms with Gasteiger partial charge >= 0.3 is 0 Å². The molecule has 2 N–H and O–H groups in total. The quantitative estimate of drug-likeness (QED) is 0.342. The van der Waals surface area contributed by atoms with Crippen molar-refractivity contribution in [1.29, 1.82) is 0 Å². The van der Waals surface area contributed by atoms with Gasteiger partial charge < -0.3 is 10.6 Å². The molecule has 0 aliphatic carbocycles. The predicted octanol–water partition coefficient (Wildman–Crippen LogP) is 2.85. The summed E-state index contributed by atoms with van der Waals surface area (Å²) in [6.07, 6.45) is 3.36. The fourth-order valence-electron chi connectivity index (χ4n) is 2.97. The van der Waals surface area contributed by atoms with Crippen LogP contribution in [0.25, 0.3) is 10.4 Å². The van der Waals surface area contributed by atoms with Crippen molar-refractivity contribution in [2.45, 2.75) is 44.6 Å². The van der Waals surface area contributed by atoms with Crippen LogP contribution in [-0.2, 0) is 16.0 Å². The number of likely N-dealkylation sites (tertiary alicyclic amines) is 1. The van der Waals surface area contributed by atoms with Gasteiger partial charge in [0.25, 0.3) is 0 Å². The second-order valence-electron chi connectivity index (χ2n) is 6.08. The second-order valence-corrected chi connectivity index (χ2v) is 6.08. The van der Waals surface area contributed by atoms with Crippen molar-refractivity contribution in [3.8, 4) is 0 Å². The molecule has 0 spiro atoms. The van der Waals surface area contributed by atoms with E-state index < -0.39 is 0 Å². The normalized spacial score (nSPS) is 16.7. The fraction of sp³-hybridized carbons (Fsp3) is 0.529. The third-order valence-corrected chi connectivity index (χ3v) is 4.34. The minimum Gasteiger partial charge on any atom is -0.399 e. The lowest BCUT2D eigenvalue weighted by atomic mass is 10.0. The van der Waals surface area contributed by atoms with E-state index in [-0.39, 0.29) is 30.6 Å². The highest BCUT2D eigenvalue weighted by atomic mass is 16.2. The van der Waals surface area contributed by atoms with Crippen LogP contribution >= 0.6 is 0 Å². The molecule has 1 aromatic carbocycles. The summed E-state index contributed by atoms with van der Waals surface area (Å²) >= 11 is 0. The Hall–Kier alpha value is -2.53. The van der Waals surface area contributed by atoms with Gasteiger partial charge in [-0.1, -0.05) is 17.2 Å². The lowest BCUT2D eigenvalue weighted by Gasteiger charge is -2.23. The summed E-state index contributed by atoms with van der Waals surface area (Å²) in [5, 5.41) is 3.56. The molecule has 1 fully saturated rings. The van der Waals surface area contributed by atoms with Crippen molar-refractivity contribution < 1.29 is 9.59 Å². The van der Waals surface area contributed by atoms with E-state index in [0.29, 0.717) is 31.6 Å². The highest BCUT2D eigenvalue weighted by Crippen LogP contribution is 2.19. The van der Waals surface area contributed by atoms with Crippen LogP contribution in [-0.4, -0.2) is 35.7 Å². The third kappa shape index (κ3) is 5.28. The Morgan fingerprint density at radius 1 is 1.25 bits per heavy atom. The summed E-state index contributed by atoms with van der Waals surface area (Å²) in [7, 11) is 0. The fourth-order valence-corrected chi connectivity index (χ4v) is 2.97. The van der Waals surface area contributed by atoms with Crippen LogP contribution in [0.2, 0.25) is 0 Å². The minimum absolute atomic E-state index is 0.0155. The van der Waals surface area contributed by atoms with Crippen LogP contribution in [0, 0.1) is 0 Å². The van der Waals surface area contributed by atoms with Crippen LogP contribution in [0.4, 0.5) is 5.69 Å². The number of ketones is 1. The maximum Gasteiger partial charge on any atom is 0.223 e. The molecule has 1 aromatic rings. The van der Waals surface area contributed by atoms with E-state index in [2.05, 4.69) is 10.0 Å². The first-order chi connectivity index (χ1) is 11.6. The van der Waals surface area contributed by atoms with E-state index in [4.69, 9.17) is 11.3 Å². The number of rotatable bonds is 8. The standard InChI is InChI=1S/C17H23N5O2/c18-14-6-3-13(4-7-14)5-8-16(23)9-10-17(24)22-11-1-2-15(22)12-20-21-19/h3-4,6-7,15H,1-2,5,8-12,18H2/t15-/m1/s1. The number of anilines is 1. The highest BCUT2D eigenvalue weighted by Gasteiger charge is 2.27. The minimum atomic E-state index is -0.0218. The molecule has 2 rings (SSSR count). The van der Waals surface area contributed by atoms with Gasteiger partial charge in [-0.3, -0.25) is 9.59 Å². The first kappa shape index (κ1) is 17.8. The van der Waals surface area contributed by atoms with E-state index >= 15 is 0 Å². The number of benzene rings is 1. The molecule has 1 atom stereocenters. The first-order valence-corrected chi connectivity index (χ1v) is 8.26. The second kappa shape index (κ2) is 8.93. The molecule has 0 bridgehead atoms. The Kier molecular flexibility index (Phi) is 6.63. The van der Waals surface area contributed by atoms with Gasteiger partial charge in [-0.25, -0.2) is 0 Å². The Bertz CT molecular complexity index is 622. The molecule has 0 unspecified atom stereocenters. The van der Waals surface area contributed by atoms with Gasteiger partial charge in [-0.05, 0) is 42.5 Å². The number of carbonyl (C=O) groups is 2. The number of hydrogen-bond acceptors (Lipinski definition) is 4. The SMILES string of the molecule is [N-]=[N+]=NC[C@H]1CCCN1C(=O)CCC(=O)CCc1ccc(N)cc1. The summed E-state index contributed by atoms with van der Waals surface area (Å²) in [5.41, 5.74) is 15.8. The molecule has 1 aliphatic heterocycles. The number of nitrogens with two attached hydrogens (primary N) is 1. The average molecular weight is 329 g/mol. The molecule has 0 aromatic heterocycles. The van der Waals surface area contributed by atoms with Gasteiger partial charge in [0.05, 0.1) is 0 Å². The van der Waals surface area contributed by atoms with Crippen molar-refractivity contribution in [3.05, 3.63) is 40.3 Å². The maximum absolute atomic E-state index is 12.3. The molecule has 24 heavy (non-hydrogen) atoms. The zero-order valence-corrected chi connectivity index (χ0v) is 13.7. The molecular formula is C17H23N5O2. The molecule has 0 radical (unpaired) electrons. The van der Waals surface area contributed by atoms with E-state index in [9.17, 15) is 9.59 Å². The molecule has 1 heterocycles. The van der Waals surface area contributed by atoms with Crippen LogP contribution in [0.3, 0.4) is 0 Å². The topological polar surface area (TPSA) is 112 Å². The summed E-state index contributed by atoms with van der Waals surface area (Å²) in [6.45, 7) is 0.997. The van der Waals surface area contributed by atoms with Gasteiger partial charge in [0.15, 0.2) is 0 Å². The Morgan fingerprint density at radius 2 is 2.00 bits per heavy atom. The molecule has 1 saturated heterocycles. The predicted molar refractivity (Wildman–Crippen MR) is 92.2 cm³/mol. The number of carbonyl (C=O) groups excluding carboxylic acids is 2. The smallest absolute Gasteiger partial charge is 0.223 e. The molecule has 7 nitrogen and oxygen atoms in total. The number of hydrogen-bond donors (Lipinski definition) is 1. The number of amides is 1. The van der Waals surface area contributed by atoms with E-state index in [0.717, 1.165) is 18.4 Å².